The topological polar surface area (TPSA) is 63.5 Å². The Morgan fingerprint density at radius 1 is 0.857 bits per heavy atom. The number of esters is 1. The van der Waals surface area contributed by atoms with E-state index in [-0.39, 0.29) is 5.97 Å². The molecule has 0 bridgehead atoms. The van der Waals surface area contributed by atoms with Gasteiger partial charge in [-0.25, -0.2) is 4.79 Å². The quantitative estimate of drug-likeness (QED) is 0.176. The van der Waals surface area contributed by atoms with Gasteiger partial charge in [-0.2, -0.15) is 0 Å². The molecule has 5 nitrogen and oxygen atoms in total. The van der Waals surface area contributed by atoms with Crippen LogP contribution in [0.3, 0.4) is 0 Å². The SMILES string of the molecule is CCn1c2ccccc2c2cc(NCC(=Cc3ccc(C(=O)OC)cc3)CC(O)c3cccc4ccccc34)ccc21. The second-order valence-corrected chi connectivity index (χ2v) is 10.6. The molecular formula is C37H34N2O3. The molecule has 5 heteroatoms. The number of aryl methyl sites for hydroxylation is 1. The molecule has 0 saturated carbocycles. The molecule has 6 rings (SSSR count). The molecule has 0 amide bonds. The Kier molecular flexibility index (Phi) is 7.76. The lowest BCUT2D eigenvalue weighted by molar-refractivity contribution is 0.0600. The van der Waals surface area contributed by atoms with Crippen LogP contribution in [0.25, 0.3) is 38.7 Å². The first-order valence-electron chi connectivity index (χ1n) is 14.3. The van der Waals surface area contributed by atoms with Crippen LogP contribution in [0.15, 0.2) is 115 Å². The van der Waals surface area contributed by atoms with Crippen molar-refractivity contribution in [3.8, 4) is 0 Å². The minimum Gasteiger partial charge on any atom is -0.465 e. The van der Waals surface area contributed by atoms with Gasteiger partial charge in [-0.05, 0) is 70.8 Å². The number of fused-ring (bicyclic) bond motifs is 4. The average molecular weight is 555 g/mol. The van der Waals surface area contributed by atoms with E-state index in [9.17, 15) is 9.90 Å². The molecule has 42 heavy (non-hydrogen) atoms. The fourth-order valence-electron chi connectivity index (χ4n) is 5.87. The number of ether oxygens (including phenoxy) is 1. The highest BCUT2D eigenvalue weighted by Crippen LogP contribution is 2.32. The monoisotopic (exact) mass is 554 g/mol. The van der Waals surface area contributed by atoms with Gasteiger partial charge < -0.3 is 19.7 Å². The van der Waals surface area contributed by atoms with E-state index in [1.165, 1.54) is 28.9 Å². The normalized spacial score (nSPS) is 12.6. The summed E-state index contributed by atoms with van der Waals surface area (Å²) in [7, 11) is 1.38. The smallest absolute Gasteiger partial charge is 0.337 e. The number of methoxy groups -OCH3 is 1. The summed E-state index contributed by atoms with van der Waals surface area (Å²) in [4.78, 5) is 11.9. The van der Waals surface area contributed by atoms with Gasteiger partial charge >= 0.3 is 5.97 Å². The Morgan fingerprint density at radius 3 is 2.36 bits per heavy atom. The second-order valence-electron chi connectivity index (χ2n) is 10.6. The Balaban J connectivity index is 1.31. The van der Waals surface area contributed by atoms with Crippen molar-refractivity contribution in [3.63, 3.8) is 0 Å². The number of carbonyl (C=O) groups excluding carboxylic acids is 1. The summed E-state index contributed by atoms with van der Waals surface area (Å²) in [5.74, 6) is -0.362. The van der Waals surface area contributed by atoms with Crippen molar-refractivity contribution >= 4 is 50.3 Å². The maximum absolute atomic E-state index is 11.9. The maximum atomic E-state index is 11.9. The number of aliphatic hydroxyl groups is 1. The van der Waals surface area contributed by atoms with Gasteiger partial charge in [-0.1, -0.05) is 78.9 Å². The van der Waals surface area contributed by atoms with Crippen LogP contribution >= 0.6 is 0 Å². The summed E-state index contributed by atoms with van der Waals surface area (Å²) < 4.78 is 7.19. The molecule has 1 heterocycles. The molecule has 0 fully saturated rings. The van der Waals surface area contributed by atoms with Crippen molar-refractivity contribution in [1.82, 2.24) is 4.57 Å². The first-order valence-corrected chi connectivity index (χ1v) is 14.3. The number of nitrogens with zero attached hydrogens (tertiary/aromatic N) is 1. The van der Waals surface area contributed by atoms with Crippen molar-refractivity contribution < 1.29 is 14.6 Å². The lowest BCUT2D eigenvalue weighted by Gasteiger charge is -2.18. The van der Waals surface area contributed by atoms with Gasteiger partial charge in [-0.3, -0.25) is 0 Å². The summed E-state index contributed by atoms with van der Waals surface area (Å²) in [6.45, 7) is 3.64. The van der Waals surface area contributed by atoms with Crippen molar-refractivity contribution in [2.45, 2.75) is 26.0 Å². The third-order valence-electron chi connectivity index (χ3n) is 7.95. The fraction of sp³-hybridized carbons (Fsp3) is 0.162. The lowest BCUT2D eigenvalue weighted by Crippen LogP contribution is -2.09. The number of rotatable bonds is 9. The van der Waals surface area contributed by atoms with Gasteiger partial charge in [0.1, 0.15) is 0 Å². The van der Waals surface area contributed by atoms with Crippen LogP contribution in [0.1, 0.15) is 40.9 Å². The van der Waals surface area contributed by atoms with Gasteiger partial charge in [0.25, 0.3) is 0 Å². The molecule has 1 atom stereocenters. The summed E-state index contributed by atoms with van der Waals surface area (Å²) >= 11 is 0. The second kappa shape index (κ2) is 11.9. The van der Waals surface area contributed by atoms with E-state index in [0.717, 1.165) is 39.7 Å². The van der Waals surface area contributed by atoms with E-state index in [1.807, 2.05) is 36.4 Å². The molecule has 1 unspecified atom stereocenters. The highest BCUT2D eigenvalue weighted by Gasteiger charge is 2.15. The Hall–Kier alpha value is -4.87. The van der Waals surface area contributed by atoms with Gasteiger partial charge in [0, 0.05) is 47.0 Å². The number of hydrogen-bond donors (Lipinski definition) is 2. The average Bonchev–Trinajstić information content (AvgIpc) is 3.36. The third kappa shape index (κ3) is 5.39. The zero-order valence-electron chi connectivity index (χ0n) is 23.9. The van der Waals surface area contributed by atoms with E-state index in [4.69, 9.17) is 4.74 Å². The van der Waals surface area contributed by atoms with Crippen LogP contribution in [0.4, 0.5) is 5.69 Å². The number of benzene rings is 5. The van der Waals surface area contributed by atoms with E-state index in [2.05, 4.69) is 83.5 Å². The molecule has 0 spiro atoms. The van der Waals surface area contributed by atoms with Crippen LogP contribution in [-0.2, 0) is 11.3 Å². The number of para-hydroxylation sites is 1. The van der Waals surface area contributed by atoms with E-state index in [0.29, 0.717) is 18.5 Å². The van der Waals surface area contributed by atoms with E-state index >= 15 is 0 Å². The number of carbonyl (C=O) groups is 1. The van der Waals surface area contributed by atoms with Gasteiger partial charge in [-0.15, -0.1) is 0 Å². The van der Waals surface area contributed by atoms with Gasteiger partial charge in [0.2, 0.25) is 0 Å². The molecule has 5 aromatic carbocycles. The molecule has 0 aliphatic heterocycles. The van der Waals surface area contributed by atoms with Crippen LogP contribution in [0.2, 0.25) is 0 Å². The van der Waals surface area contributed by atoms with Crippen molar-refractivity contribution in [1.29, 1.82) is 0 Å². The molecule has 0 radical (unpaired) electrons. The Labute approximate surface area is 245 Å². The molecule has 2 N–H and O–H groups in total. The highest BCUT2D eigenvalue weighted by atomic mass is 16.5. The van der Waals surface area contributed by atoms with E-state index in [1.54, 1.807) is 12.1 Å². The molecule has 0 saturated heterocycles. The van der Waals surface area contributed by atoms with Gasteiger partial charge in [0.15, 0.2) is 0 Å². The van der Waals surface area contributed by atoms with Crippen LogP contribution in [-0.4, -0.2) is 29.3 Å². The van der Waals surface area contributed by atoms with Gasteiger partial charge in [0.05, 0.1) is 18.8 Å². The van der Waals surface area contributed by atoms with Crippen molar-refractivity contribution in [2.24, 2.45) is 0 Å². The largest absolute Gasteiger partial charge is 0.465 e. The number of anilines is 1. The summed E-state index contributed by atoms with van der Waals surface area (Å²) in [5, 5.41) is 19.7. The summed E-state index contributed by atoms with van der Waals surface area (Å²) in [6.07, 6.45) is 1.87. The Bertz CT molecular complexity index is 1910. The lowest BCUT2D eigenvalue weighted by atomic mass is 9.95. The minimum atomic E-state index is -0.677. The number of aliphatic hydroxyl groups excluding tert-OH is 1. The zero-order valence-corrected chi connectivity index (χ0v) is 23.9. The molecule has 0 aliphatic carbocycles. The summed E-state index contributed by atoms with van der Waals surface area (Å²) in [6, 6.07) is 36.6. The summed E-state index contributed by atoms with van der Waals surface area (Å²) in [5.41, 5.74) is 6.88. The first kappa shape index (κ1) is 27.3. The zero-order chi connectivity index (χ0) is 29.1. The van der Waals surface area contributed by atoms with Crippen LogP contribution in [0, 0.1) is 0 Å². The predicted molar refractivity (Wildman–Crippen MR) is 173 cm³/mol. The molecule has 210 valence electrons. The maximum Gasteiger partial charge on any atom is 0.337 e. The number of aromatic nitrogens is 1. The number of nitrogens with one attached hydrogen (secondary N) is 1. The number of hydrogen-bond acceptors (Lipinski definition) is 4. The van der Waals surface area contributed by atoms with Crippen LogP contribution < -0.4 is 5.32 Å². The Morgan fingerprint density at radius 2 is 1.57 bits per heavy atom. The molecular weight excluding hydrogens is 520 g/mol. The van der Waals surface area contributed by atoms with E-state index < -0.39 is 6.10 Å². The third-order valence-corrected chi connectivity index (χ3v) is 7.95. The van der Waals surface area contributed by atoms with Crippen LogP contribution in [0.5, 0.6) is 0 Å². The highest BCUT2D eigenvalue weighted by molar-refractivity contribution is 6.09. The van der Waals surface area contributed by atoms with Crippen molar-refractivity contribution in [3.05, 3.63) is 131 Å². The molecule has 1 aromatic heterocycles. The first-order chi connectivity index (χ1) is 20.6. The fourth-order valence-corrected chi connectivity index (χ4v) is 5.87. The predicted octanol–water partition coefficient (Wildman–Crippen LogP) is 8.37. The van der Waals surface area contributed by atoms with Crippen molar-refractivity contribution in [2.75, 3.05) is 19.0 Å². The molecule has 0 aliphatic rings. The minimum absolute atomic E-state index is 0.362. The molecule has 6 aromatic rings. The standard InChI is InChI=1S/C37H34N2O3/c1-3-39-34-14-7-6-12-31(34)33-23-29(19-20-35(33)39)38-24-26(21-25-15-17-28(18-16-25)37(41)42-2)22-36(40)32-13-8-10-27-9-4-5-11-30(27)32/h4-21,23,36,38,40H,3,22,24H2,1-2H3.